The molecule has 1 heterocycles. The zero-order valence-corrected chi connectivity index (χ0v) is 14.8. The lowest BCUT2D eigenvalue weighted by Crippen LogP contribution is -2.24. The maximum atomic E-state index is 11.9. The highest BCUT2D eigenvalue weighted by atomic mass is 16.5. The Balaban J connectivity index is 1.56. The van der Waals surface area contributed by atoms with Gasteiger partial charge in [0.25, 0.3) is 0 Å². The van der Waals surface area contributed by atoms with Gasteiger partial charge in [-0.05, 0) is 23.3 Å². The Morgan fingerprint density at radius 1 is 1.22 bits per heavy atom. The Morgan fingerprint density at radius 3 is 2.81 bits per heavy atom. The van der Waals surface area contributed by atoms with Crippen molar-refractivity contribution in [2.75, 3.05) is 13.7 Å². The first-order chi connectivity index (χ1) is 13.2. The highest BCUT2D eigenvalue weighted by Crippen LogP contribution is 2.20. The van der Waals surface area contributed by atoms with Crippen molar-refractivity contribution in [3.63, 3.8) is 0 Å². The minimum Gasteiger partial charge on any atom is -0.465 e. The van der Waals surface area contributed by atoms with Crippen molar-refractivity contribution in [3.05, 3.63) is 71.4 Å². The third-order valence-corrected chi connectivity index (χ3v) is 3.87. The molecule has 0 fully saturated rings. The van der Waals surface area contributed by atoms with Gasteiger partial charge in [-0.2, -0.15) is 5.10 Å². The van der Waals surface area contributed by atoms with Gasteiger partial charge in [-0.3, -0.25) is 5.10 Å². The number of nitrogens with zero attached hydrogens (tertiary/aromatic N) is 1. The molecular formula is C20H19N3O4. The summed E-state index contributed by atoms with van der Waals surface area (Å²) < 4.78 is 9.95. The fraction of sp³-hybridized carbons (Fsp3) is 0.150. The largest absolute Gasteiger partial charge is 0.465 e. The van der Waals surface area contributed by atoms with Gasteiger partial charge in [-0.1, -0.05) is 42.5 Å². The highest BCUT2D eigenvalue weighted by molar-refractivity contribution is 6.04. The highest BCUT2D eigenvalue weighted by Gasteiger charge is 2.12. The number of carbonyl (C=O) groups is 2. The molecular weight excluding hydrogens is 346 g/mol. The molecule has 0 aliphatic carbocycles. The molecule has 0 spiro atoms. The molecule has 0 atom stereocenters. The molecule has 3 rings (SSSR count). The van der Waals surface area contributed by atoms with Gasteiger partial charge in [0, 0.05) is 11.9 Å². The van der Waals surface area contributed by atoms with Crippen LogP contribution >= 0.6 is 0 Å². The van der Waals surface area contributed by atoms with Gasteiger partial charge in [0.1, 0.15) is 6.61 Å². The van der Waals surface area contributed by atoms with E-state index in [0.717, 1.165) is 16.6 Å². The van der Waals surface area contributed by atoms with Crippen LogP contribution in [0.15, 0.2) is 54.7 Å². The van der Waals surface area contributed by atoms with Crippen LogP contribution in [0.4, 0.5) is 4.79 Å². The second-order valence-electron chi connectivity index (χ2n) is 5.74. The van der Waals surface area contributed by atoms with Crippen molar-refractivity contribution in [2.45, 2.75) is 6.61 Å². The Bertz CT molecular complexity index is 964. The number of hydrogen-bond acceptors (Lipinski definition) is 5. The van der Waals surface area contributed by atoms with E-state index in [9.17, 15) is 9.59 Å². The molecule has 0 radical (unpaired) electrons. The molecule has 0 aliphatic rings. The van der Waals surface area contributed by atoms with Crippen molar-refractivity contribution in [1.82, 2.24) is 15.5 Å². The molecule has 138 valence electrons. The van der Waals surface area contributed by atoms with Gasteiger partial charge >= 0.3 is 12.1 Å². The predicted octanol–water partition coefficient (Wildman–Crippen LogP) is 3.29. The maximum absolute atomic E-state index is 11.9. The lowest BCUT2D eigenvalue weighted by atomic mass is 10.1. The van der Waals surface area contributed by atoms with Crippen LogP contribution in [0.25, 0.3) is 17.0 Å². The molecule has 0 bridgehead atoms. The summed E-state index contributed by atoms with van der Waals surface area (Å²) in [6, 6.07) is 13.0. The van der Waals surface area contributed by atoms with Crippen molar-refractivity contribution in [2.24, 2.45) is 0 Å². The van der Waals surface area contributed by atoms with Crippen molar-refractivity contribution in [3.8, 4) is 0 Å². The van der Waals surface area contributed by atoms with Gasteiger partial charge in [-0.25, -0.2) is 9.59 Å². The smallest absolute Gasteiger partial charge is 0.407 e. The number of H-pyrrole nitrogens is 1. The Morgan fingerprint density at radius 2 is 2.04 bits per heavy atom. The summed E-state index contributed by atoms with van der Waals surface area (Å²) in [7, 11) is 1.34. The van der Waals surface area contributed by atoms with Crippen LogP contribution in [0.3, 0.4) is 0 Å². The van der Waals surface area contributed by atoms with Crippen LogP contribution in [0.5, 0.6) is 0 Å². The number of benzene rings is 2. The monoisotopic (exact) mass is 365 g/mol. The zero-order chi connectivity index (χ0) is 19.1. The van der Waals surface area contributed by atoms with Gasteiger partial charge < -0.3 is 14.8 Å². The van der Waals surface area contributed by atoms with Gasteiger partial charge in [0.05, 0.1) is 24.4 Å². The average molecular weight is 365 g/mol. The summed E-state index contributed by atoms with van der Waals surface area (Å²) in [6.45, 7) is 0.511. The van der Waals surface area contributed by atoms with Gasteiger partial charge in [-0.15, -0.1) is 0 Å². The normalized spacial score (nSPS) is 10.9. The molecule has 0 saturated heterocycles. The molecule has 2 aromatic carbocycles. The number of esters is 1. The topological polar surface area (TPSA) is 93.3 Å². The molecule has 2 N–H and O–H groups in total. The second-order valence-corrected chi connectivity index (χ2v) is 5.74. The third-order valence-electron chi connectivity index (χ3n) is 3.87. The molecule has 1 aromatic heterocycles. The van der Waals surface area contributed by atoms with E-state index in [1.54, 1.807) is 24.4 Å². The molecule has 3 aromatic rings. The number of amides is 1. The van der Waals surface area contributed by atoms with E-state index in [1.165, 1.54) is 7.11 Å². The number of aromatic amines is 1. The fourth-order valence-corrected chi connectivity index (χ4v) is 2.56. The van der Waals surface area contributed by atoms with Crippen LogP contribution in [-0.2, 0) is 16.1 Å². The molecule has 0 aliphatic heterocycles. The van der Waals surface area contributed by atoms with E-state index in [4.69, 9.17) is 9.47 Å². The Hall–Kier alpha value is -3.61. The summed E-state index contributed by atoms with van der Waals surface area (Å²) in [5.41, 5.74) is 2.87. The Kier molecular flexibility index (Phi) is 5.84. The first-order valence-corrected chi connectivity index (χ1v) is 8.34. The molecule has 7 heteroatoms. The van der Waals surface area contributed by atoms with Crippen LogP contribution in [0.2, 0.25) is 0 Å². The standard InChI is InChI=1S/C20H19N3O4/c1-26-19(24)16-10-15(11-18-17(16)12-22-23-18)8-5-9-21-20(25)27-13-14-6-3-2-4-7-14/h2-8,10-12H,9,13H2,1H3,(H,21,25)(H,22,23). The maximum Gasteiger partial charge on any atom is 0.407 e. The molecule has 1 amide bonds. The summed E-state index contributed by atoms with van der Waals surface area (Å²) >= 11 is 0. The van der Waals surface area contributed by atoms with E-state index in [1.807, 2.05) is 36.4 Å². The second kappa shape index (κ2) is 8.66. The lowest BCUT2D eigenvalue weighted by Gasteiger charge is -2.05. The number of alkyl carbamates (subject to hydrolysis) is 1. The zero-order valence-electron chi connectivity index (χ0n) is 14.8. The molecule has 27 heavy (non-hydrogen) atoms. The number of aromatic nitrogens is 2. The van der Waals surface area contributed by atoms with E-state index in [0.29, 0.717) is 17.5 Å². The van der Waals surface area contributed by atoms with Crippen LogP contribution in [0, 0.1) is 0 Å². The minimum atomic E-state index is -0.497. The van der Waals surface area contributed by atoms with Gasteiger partial charge in [0.15, 0.2) is 0 Å². The number of carbonyl (C=O) groups excluding carboxylic acids is 2. The van der Waals surface area contributed by atoms with E-state index in [-0.39, 0.29) is 6.61 Å². The van der Waals surface area contributed by atoms with Crippen molar-refractivity contribution >= 4 is 29.0 Å². The number of nitrogens with one attached hydrogen (secondary N) is 2. The quantitative estimate of drug-likeness (QED) is 0.654. The van der Waals surface area contributed by atoms with Crippen molar-refractivity contribution in [1.29, 1.82) is 0 Å². The van der Waals surface area contributed by atoms with E-state index < -0.39 is 12.1 Å². The Labute approximate surface area is 156 Å². The number of methoxy groups -OCH3 is 1. The summed E-state index contributed by atoms with van der Waals surface area (Å²) in [6.07, 6.45) is 4.65. The van der Waals surface area contributed by atoms with E-state index in [2.05, 4.69) is 15.5 Å². The summed E-state index contributed by atoms with van der Waals surface area (Å²) in [5, 5.41) is 10.1. The summed E-state index contributed by atoms with van der Waals surface area (Å²) in [4.78, 5) is 23.6. The third kappa shape index (κ3) is 4.72. The minimum absolute atomic E-state index is 0.218. The molecule has 0 saturated carbocycles. The van der Waals surface area contributed by atoms with Crippen LogP contribution < -0.4 is 5.32 Å². The first-order valence-electron chi connectivity index (χ1n) is 8.34. The number of ether oxygens (including phenoxy) is 2. The van der Waals surface area contributed by atoms with Crippen molar-refractivity contribution < 1.29 is 19.1 Å². The predicted molar refractivity (Wildman–Crippen MR) is 101 cm³/mol. The summed E-state index contributed by atoms with van der Waals surface area (Å²) in [5.74, 6) is -0.431. The lowest BCUT2D eigenvalue weighted by molar-refractivity contribution is 0.0603. The molecule has 0 unspecified atom stereocenters. The molecule has 7 nitrogen and oxygen atoms in total. The average Bonchev–Trinajstić information content (AvgIpc) is 3.18. The van der Waals surface area contributed by atoms with E-state index >= 15 is 0 Å². The number of fused-ring (bicyclic) bond motifs is 1. The van der Waals surface area contributed by atoms with Gasteiger partial charge in [0.2, 0.25) is 0 Å². The SMILES string of the molecule is COC(=O)c1cc(C=CCNC(=O)OCc2ccccc2)cc2[nH]ncc12. The number of rotatable bonds is 6. The number of hydrogen-bond donors (Lipinski definition) is 2. The van der Waals surface area contributed by atoms with Crippen LogP contribution in [-0.4, -0.2) is 35.9 Å². The fourth-order valence-electron chi connectivity index (χ4n) is 2.56. The first kappa shape index (κ1) is 18.2. The van der Waals surface area contributed by atoms with Crippen LogP contribution in [0.1, 0.15) is 21.5 Å².